The number of nitrogens with zero attached hydrogens (tertiary/aromatic N) is 3. The summed E-state index contributed by atoms with van der Waals surface area (Å²) in [4.78, 5) is 0. The van der Waals surface area contributed by atoms with Gasteiger partial charge in [0.1, 0.15) is 23.5 Å². The lowest BCUT2D eigenvalue weighted by Crippen LogP contribution is -2.39. The average molecular weight is 338 g/mol. The smallest absolute Gasteiger partial charge is 0.166 e. The molecule has 0 fully saturated rings. The molecule has 0 amide bonds. The van der Waals surface area contributed by atoms with Crippen molar-refractivity contribution in [2.24, 2.45) is 7.05 Å². The van der Waals surface area contributed by atoms with Crippen LogP contribution < -0.4 is 4.68 Å². The van der Waals surface area contributed by atoms with E-state index in [0.29, 0.717) is 0 Å². The highest BCUT2D eigenvalue weighted by molar-refractivity contribution is 5.89. The zero-order chi connectivity index (χ0) is 17.7. The van der Waals surface area contributed by atoms with Gasteiger partial charge in [-0.1, -0.05) is 6.92 Å². The van der Waals surface area contributed by atoms with Crippen LogP contribution in [0.1, 0.15) is 34.9 Å². The first-order valence-corrected chi connectivity index (χ1v) is 6.74. The van der Waals surface area contributed by atoms with Gasteiger partial charge in [0.05, 0.1) is 16.0 Å². The van der Waals surface area contributed by atoms with Crippen molar-refractivity contribution in [2.75, 3.05) is 0 Å². The van der Waals surface area contributed by atoms with Crippen molar-refractivity contribution in [3.63, 3.8) is 0 Å². The van der Waals surface area contributed by atoms with Crippen molar-refractivity contribution in [1.82, 2.24) is 10.3 Å². The molecular weight excluding hydrogens is 324 g/mol. The molecule has 1 aromatic carbocycles. The maximum absolute atomic E-state index is 13.4. The molecule has 1 aromatic heterocycles. The minimum Gasteiger partial charge on any atom is -0.166 e. The van der Waals surface area contributed by atoms with Gasteiger partial charge in [-0.2, -0.15) is 26.3 Å². The molecule has 9 heteroatoms. The Balaban J connectivity index is 3.18. The van der Waals surface area contributed by atoms with Gasteiger partial charge < -0.3 is 0 Å². The maximum Gasteiger partial charge on any atom is 0.421 e. The first kappa shape index (κ1) is 17.4. The SMILES string of the molecule is CCc1c2c(C)c(C(F)(F)F)c(C)c(C(F)(F)F)c2nn[n+]1C. The molecule has 0 spiro atoms. The maximum atomic E-state index is 13.4. The molecule has 2 aromatic rings. The second-order valence-electron chi connectivity index (χ2n) is 5.23. The van der Waals surface area contributed by atoms with Gasteiger partial charge in [0.2, 0.25) is 5.52 Å². The summed E-state index contributed by atoms with van der Waals surface area (Å²) in [5.41, 5.74) is -4.06. The van der Waals surface area contributed by atoms with Gasteiger partial charge >= 0.3 is 12.4 Å². The van der Waals surface area contributed by atoms with Crippen LogP contribution in [-0.4, -0.2) is 10.3 Å². The highest BCUT2D eigenvalue weighted by Crippen LogP contribution is 2.45. The number of rotatable bonds is 1. The molecule has 0 aliphatic heterocycles. The molecule has 0 aliphatic carbocycles. The monoisotopic (exact) mass is 338 g/mol. The molecular formula is C14H14F6N3+. The summed E-state index contributed by atoms with van der Waals surface area (Å²) < 4.78 is 81.3. The van der Waals surface area contributed by atoms with Crippen LogP contribution in [0.2, 0.25) is 0 Å². The van der Waals surface area contributed by atoms with Gasteiger partial charge in [0.25, 0.3) is 0 Å². The molecule has 0 unspecified atom stereocenters. The van der Waals surface area contributed by atoms with Crippen molar-refractivity contribution in [2.45, 2.75) is 39.5 Å². The molecule has 126 valence electrons. The standard InChI is InChI=1S/C14H14F6N3/c1-5-8-9-6(2)10(13(15,16)17)7(3)11(14(18,19)20)12(9)21-22-23(8)4/h5H2,1-4H3/q+1. The fourth-order valence-electron chi connectivity index (χ4n) is 2.97. The van der Waals surface area contributed by atoms with E-state index in [0.717, 1.165) is 6.92 Å². The number of hydrogen-bond donors (Lipinski definition) is 0. The summed E-state index contributed by atoms with van der Waals surface area (Å²) in [6.07, 6.45) is -9.63. The van der Waals surface area contributed by atoms with E-state index < -0.39 is 34.6 Å². The second kappa shape index (κ2) is 5.31. The van der Waals surface area contributed by atoms with Crippen molar-refractivity contribution >= 4 is 10.9 Å². The third kappa shape index (κ3) is 2.72. The number of alkyl halides is 6. The molecule has 0 saturated carbocycles. The van der Waals surface area contributed by atoms with Gasteiger partial charge in [-0.3, -0.25) is 0 Å². The van der Waals surface area contributed by atoms with E-state index >= 15 is 0 Å². The Labute approximate surface area is 127 Å². The molecule has 0 aliphatic rings. The van der Waals surface area contributed by atoms with Crippen LogP contribution >= 0.6 is 0 Å². The van der Waals surface area contributed by atoms with Crippen molar-refractivity contribution < 1.29 is 31.0 Å². The van der Waals surface area contributed by atoms with Gasteiger partial charge in [0, 0.05) is 6.42 Å². The summed E-state index contributed by atoms with van der Waals surface area (Å²) in [5.74, 6) is 0. The summed E-state index contributed by atoms with van der Waals surface area (Å²) in [7, 11) is 1.44. The van der Waals surface area contributed by atoms with Crippen molar-refractivity contribution in [3.8, 4) is 0 Å². The Kier molecular flexibility index (Phi) is 4.02. The van der Waals surface area contributed by atoms with Crippen LogP contribution in [0.5, 0.6) is 0 Å². The third-order valence-corrected chi connectivity index (χ3v) is 3.83. The van der Waals surface area contributed by atoms with Crippen molar-refractivity contribution in [3.05, 3.63) is 27.9 Å². The van der Waals surface area contributed by atoms with E-state index in [1.54, 1.807) is 6.92 Å². The lowest BCUT2D eigenvalue weighted by Gasteiger charge is -2.20. The van der Waals surface area contributed by atoms with E-state index in [1.165, 1.54) is 18.7 Å². The largest absolute Gasteiger partial charge is 0.421 e. The third-order valence-electron chi connectivity index (χ3n) is 3.83. The number of hydrogen-bond acceptors (Lipinski definition) is 2. The summed E-state index contributed by atoms with van der Waals surface area (Å²) >= 11 is 0. The first-order chi connectivity index (χ1) is 10.4. The van der Waals surface area contributed by atoms with Gasteiger partial charge in [0.15, 0.2) is 0 Å². The lowest BCUT2D eigenvalue weighted by molar-refractivity contribution is -0.741. The fourth-order valence-corrected chi connectivity index (χ4v) is 2.97. The molecule has 0 radical (unpaired) electrons. The molecule has 0 saturated heterocycles. The van der Waals surface area contributed by atoms with Crippen LogP contribution in [0, 0.1) is 13.8 Å². The van der Waals surface area contributed by atoms with Crippen LogP contribution in [0.25, 0.3) is 10.9 Å². The Hall–Kier alpha value is -1.93. The number of aryl methyl sites for hydroxylation is 3. The van der Waals surface area contributed by atoms with E-state index in [4.69, 9.17) is 0 Å². The van der Waals surface area contributed by atoms with Crippen LogP contribution in [0.4, 0.5) is 26.3 Å². The van der Waals surface area contributed by atoms with E-state index in [1.807, 2.05) is 0 Å². The number of halogens is 6. The quantitative estimate of drug-likeness (QED) is 0.587. The van der Waals surface area contributed by atoms with Crippen LogP contribution in [0.15, 0.2) is 0 Å². The Morgan fingerprint density at radius 1 is 0.913 bits per heavy atom. The molecule has 2 rings (SSSR count). The Bertz CT molecular complexity index is 777. The minimum atomic E-state index is -4.96. The zero-order valence-corrected chi connectivity index (χ0v) is 12.8. The first-order valence-electron chi connectivity index (χ1n) is 6.74. The molecule has 0 N–H and O–H groups in total. The molecule has 0 bridgehead atoms. The average Bonchev–Trinajstić information content (AvgIpc) is 2.36. The Morgan fingerprint density at radius 2 is 1.43 bits per heavy atom. The Morgan fingerprint density at radius 3 is 1.87 bits per heavy atom. The van der Waals surface area contributed by atoms with Crippen LogP contribution in [-0.2, 0) is 25.8 Å². The zero-order valence-electron chi connectivity index (χ0n) is 12.8. The normalized spacial score (nSPS) is 13.0. The number of aromatic nitrogens is 3. The van der Waals surface area contributed by atoms with Crippen molar-refractivity contribution in [1.29, 1.82) is 0 Å². The number of benzene rings is 1. The summed E-state index contributed by atoms with van der Waals surface area (Å²) in [6.45, 7) is 3.62. The van der Waals surface area contributed by atoms with Gasteiger partial charge in [-0.15, -0.1) is 4.68 Å². The van der Waals surface area contributed by atoms with E-state index in [2.05, 4.69) is 10.3 Å². The van der Waals surface area contributed by atoms with Crippen LogP contribution in [0.3, 0.4) is 0 Å². The van der Waals surface area contributed by atoms with E-state index in [9.17, 15) is 26.3 Å². The lowest BCUT2D eigenvalue weighted by atomic mass is 9.91. The molecule has 0 atom stereocenters. The number of fused-ring (bicyclic) bond motifs is 1. The predicted octanol–water partition coefficient (Wildman–Crippen LogP) is 3.67. The molecule has 3 nitrogen and oxygen atoms in total. The highest BCUT2D eigenvalue weighted by atomic mass is 19.4. The van der Waals surface area contributed by atoms with Gasteiger partial charge in [-0.25, -0.2) is 0 Å². The topological polar surface area (TPSA) is 29.7 Å². The van der Waals surface area contributed by atoms with E-state index in [-0.39, 0.29) is 23.1 Å². The minimum absolute atomic E-state index is 0.143. The second-order valence-corrected chi connectivity index (χ2v) is 5.23. The summed E-state index contributed by atoms with van der Waals surface area (Å²) in [5, 5.41) is 6.99. The predicted molar refractivity (Wildman–Crippen MR) is 69.6 cm³/mol. The fraction of sp³-hybridized carbons (Fsp3) is 0.500. The molecule has 23 heavy (non-hydrogen) atoms. The van der Waals surface area contributed by atoms with Gasteiger partial charge in [-0.05, 0) is 25.0 Å². The highest BCUT2D eigenvalue weighted by Gasteiger charge is 2.45. The summed E-state index contributed by atoms with van der Waals surface area (Å²) in [6, 6.07) is 0. The molecule has 1 heterocycles.